The summed E-state index contributed by atoms with van der Waals surface area (Å²) in [6.07, 6.45) is 1.61. The van der Waals surface area contributed by atoms with Crippen LogP contribution in [0, 0.1) is 5.82 Å². The van der Waals surface area contributed by atoms with E-state index in [4.69, 9.17) is 5.73 Å². The monoisotopic (exact) mass is 315 g/mol. The molecule has 21 heavy (non-hydrogen) atoms. The van der Waals surface area contributed by atoms with E-state index in [9.17, 15) is 12.8 Å². The molecule has 7 heteroatoms. The number of nitrogens with zero attached hydrogens (tertiary/aromatic N) is 2. The predicted octanol–water partition coefficient (Wildman–Crippen LogP) is 0.999. The lowest BCUT2D eigenvalue weighted by molar-refractivity contribution is 0.196. The van der Waals surface area contributed by atoms with E-state index >= 15 is 0 Å². The van der Waals surface area contributed by atoms with Gasteiger partial charge in [0.2, 0.25) is 10.0 Å². The van der Waals surface area contributed by atoms with Crippen molar-refractivity contribution in [2.24, 2.45) is 5.73 Å². The summed E-state index contributed by atoms with van der Waals surface area (Å²) in [4.78, 5) is 2.24. The number of sulfonamides is 1. The van der Waals surface area contributed by atoms with Gasteiger partial charge >= 0.3 is 0 Å². The Kier molecular flexibility index (Phi) is 4.98. The number of nitrogens with two attached hydrogens (primary N) is 1. The fourth-order valence-corrected chi connectivity index (χ4v) is 4.14. The van der Waals surface area contributed by atoms with Crippen LogP contribution in [-0.2, 0) is 16.6 Å². The normalized spacial score (nSPS) is 18.3. The lowest BCUT2D eigenvalue weighted by Crippen LogP contribution is -2.44. The highest BCUT2D eigenvalue weighted by atomic mass is 32.2. The summed E-state index contributed by atoms with van der Waals surface area (Å²) in [5, 5.41) is 0. The quantitative estimate of drug-likeness (QED) is 0.900. The smallest absolute Gasteiger partial charge is 0.243 e. The standard InChI is InChI=1S/C14H22FN3O2S/c1-17(2)12-5-7-18(8-6-12)21(19,20)13-3-4-14(15)11(9-13)10-16/h3-4,9,12H,5-8,10,16H2,1-2H3. The molecular formula is C14H22FN3O2S. The maximum Gasteiger partial charge on any atom is 0.243 e. The van der Waals surface area contributed by atoms with E-state index in [-0.39, 0.29) is 17.0 Å². The fourth-order valence-electron chi connectivity index (χ4n) is 2.62. The summed E-state index contributed by atoms with van der Waals surface area (Å²) in [5.74, 6) is -0.470. The number of piperidine rings is 1. The molecule has 1 saturated heterocycles. The van der Waals surface area contributed by atoms with Crippen LogP contribution in [0.2, 0.25) is 0 Å². The van der Waals surface area contributed by atoms with Crippen LogP contribution in [0.3, 0.4) is 0 Å². The van der Waals surface area contributed by atoms with Gasteiger partial charge in [-0.2, -0.15) is 4.31 Å². The molecule has 0 bridgehead atoms. The molecule has 1 aromatic carbocycles. The van der Waals surface area contributed by atoms with E-state index in [0.717, 1.165) is 12.8 Å². The van der Waals surface area contributed by atoms with Gasteiger partial charge in [-0.1, -0.05) is 0 Å². The average molecular weight is 315 g/mol. The minimum absolute atomic E-state index is 0.0160. The van der Waals surface area contributed by atoms with Crippen molar-refractivity contribution in [2.75, 3.05) is 27.2 Å². The average Bonchev–Trinajstić information content (AvgIpc) is 2.47. The minimum Gasteiger partial charge on any atom is -0.326 e. The van der Waals surface area contributed by atoms with Crippen LogP contribution in [0.15, 0.2) is 23.1 Å². The molecule has 1 aliphatic heterocycles. The zero-order valence-electron chi connectivity index (χ0n) is 12.4. The molecule has 2 N–H and O–H groups in total. The molecule has 2 rings (SSSR count). The Balaban J connectivity index is 2.19. The lowest BCUT2D eigenvalue weighted by atomic mass is 10.1. The van der Waals surface area contributed by atoms with E-state index in [2.05, 4.69) is 4.90 Å². The Morgan fingerprint density at radius 2 is 1.95 bits per heavy atom. The maximum absolute atomic E-state index is 13.4. The number of hydrogen-bond donors (Lipinski definition) is 1. The molecule has 0 atom stereocenters. The first-order valence-corrected chi connectivity index (χ1v) is 8.45. The molecule has 1 aliphatic rings. The van der Waals surface area contributed by atoms with E-state index in [1.165, 1.54) is 22.5 Å². The van der Waals surface area contributed by atoms with E-state index in [1.54, 1.807) is 0 Å². The molecule has 1 aromatic rings. The van der Waals surface area contributed by atoms with Gasteiger partial charge in [0, 0.05) is 31.2 Å². The highest BCUT2D eigenvalue weighted by Gasteiger charge is 2.30. The van der Waals surface area contributed by atoms with Crippen LogP contribution >= 0.6 is 0 Å². The Labute approximate surface area is 125 Å². The number of halogens is 1. The third kappa shape index (κ3) is 3.42. The molecule has 1 fully saturated rings. The highest BCUT2D eigenvalue weighted by molar-refractivity contribution is 7.89. The van der Waals surface area contributed by atoms with Crippen LogP contribution in [0.25, 0.3) is 0 Å². The lowest BCUT2D eigenvalue weighted by Gasteiger charge is -2.34. The molecule has 5 nitrogen and oxygen atoms in total. The van der Waals surface area contributed by atoms with Crippen molar-refractivity contribution in [1.29, 1.82) is 0 Å². The van der Waals surface area contributed by atoms with Gasteiger partial charge in [0.15, 0.2) is 0 Å². The molecule has 0 saturated carbocycles. The molecule has 1 heterocycles. The first-order valence-electron chi connectivity index (χ1n) is 7.01. The molecule has 0 spiro atoms. The Morgan fingerprint density at radius 3 is 2.48 bits per heavy atom. The summed E-state index contributed by atoms with van der Waals surface area (Å²) in [6.45, 7) is 0.957. The third-order valence-corrected chi connectivity index (χ3v) is 5.92. The Bertz CT molecular complexity index is 596. The van der Waals surface area contributed by atoms with Crippen molar-refractivity contribution in [1.82, 2.24) is 9.21 Å². The fraction of sp³-hybridized carbons (Fsp3) is 0.571. The van der Waals surface area contributed by atoms with Gasteiger partial charge in [0.25, 0.3) is 0 Å². The van der Waals surface area contributed by atoms with E-state index in [0.29, 0.717) is 19.1 Å². The van der Waals surface area contributed by atoms with Gasteiger partial charge in [-0.05, 0) is 45.1 Å². The Hall–Kier alpha value is -1.02. The second-order valence-corrected chi connectivity index (χ2v) is 7.49. The molecular weight excluding hydrogens is 293 g/mol. The first kappa shape index (κ1) is 16.4. The molecule has 0 amide bonds. The first-order chi connectivity index (χ1) is 9.86. The summed E-state index contributed by atoms with van der Waals surface area (Å²) < 4.78 is 40.1. The van der Waals surface area contributed by atoms with E-state index < -0.39 is 15.8 Å². The Morgan fingerprint density at radius 1 is 1.33 bits per heavy atom. The van der Waals surface area contributed by atoms with Crippen LogP contribution in [-0.4, -0.2) is 50.8 Å². The largest absolute Gasteiger partial charge is 0.326 e. The SMILES string of the molecule is CN(C)C1CCN(S(=O)(=O)c2ccc(F)c(CN)c2)CC1. The highest BCUT2D eigenvalue weighted by Crippen LogP contribution is 2.23. The van der Waals surface area contributed by atoms with Gasteiger partial charge in [0.1, 0.15) is 5.82 Å². The minimum atomic E-state index is -3.57. The number of rotatable bonds is 4. The van der Waals surface area contributed by atoms with Crippen LogP contribution in [0.1, 0.15) is 18.4 Å². The molecule has 0 unspecified atom stereocenters. The predicted molar refractivity (Wildman–Crippen MR) is 79.8 cm³/mol. The van der Waals surface area contributed by atoms with Gasteiger partial charge in [-0.3, -0.25) is 0 Å². The van der Waals surface area contributed by atoms with Crippen LogP contribution in [0.5, 0.6) is 0 Å². The van der Waals surface area contributed by atoms with Gasteiger partial charge in [0.05, 0.1) is 4.90 Å². The summed E-state index contributed by atoms with van der Waals surface area (Å²) >= 11 is 0. The summed E-state index contributed by atoms with van der Waals surface area (Å²) in [6, 6.07) is 4.22. The maximum atomic E-state index is 13.4. The third-order valence-electron chi connectivity index (χ3n) is 4.03. The molecule has 0 aromatic heterocycles. The van der Waals surface area contributed by atoms with Crippen LogP contribution in [0.4, 0.5) is 4.39 Å². The topological polar surface area (TPSA) is 66.6 Å². The van der Waals surface area contributed by atoms with Crippen molar-refractivity contribution in [3.8, 4) is 0 Å². The molecule has 0 radical (unpaired) electrons. The van der Waals surface area contributed by atoms with Crippen molar-refractivity contribution >= 4 is 10.0 Å². The molecule has 118 valence electrons. The van der Waals surface area contributed by atoms with Gasteiger partial charge < -0.3 is 10.6 Å². The van der Waals surface area contributed by atoms with Gasteiger partial charge in [-0.15, -0.1) is 0 Å². The summed E-state index contributed by atoms with van der Waals surface area (Å²) in [7, 11) is 0.437. The van der Waals surface area contributed by atoms with Crippen molar-refractivity contribution in [3.63, 3.8) is 0 Å². The zero-order chi connectivity index (χ0) is 15.6. The number of hydrogen-bond acceptors (Lipinski definition) is 4. The zero-order valence-corrected chi connectivity index (χ0v) is 13.2. The number of benzene rings is 1. The van der Waals surface area contributed by atoms with Gasteiger partial charge in [-0.25, -0.2) is 12.8 Å². The second-order valence-electron chi connectivity index (χ2n) is 5.56. The van der Waals surface area contributed by atoms with Crippen LogP contribution < -0.4 is 5.73 Å². The van der Waals surface area contributed by atoms with Crippen molar-refractivity contribution < 1.29 is 12.8 Å². The van der Waals surface area contributed by atoms with E-state index in [1.807, 2.05) is 14.1 Å². The summed E-state index contributed by atoms with van der Waals surface area (Å²) in [5.41, 5.74) is 5.66. The molecule has 0 aliphatic carbocycles. The second kappa shape index (κ2) is 6.39. The van der Waals surface area contributed by atoms with Crippen molar-refractivity contribution in [3.05, 3.63) is 29.6 Å². The van der Waals surface area contributed by atoms with Crippen molar-refractivity contribution in [2.45, 2.75) is 30.3 Å².